The first-order valence-electron chi connectivity index (χ1n) is 7.26. The average Bonchev–Trinajstić information content (AvgIpc) is 2.98. The molecule has 3 atom stereocenters. The fourth-order valence-electron chi connectivity index (χ4n) is 3.83. The summed E-state index contributed by atoms with van der Waals surface area (Å²) in [5.41, 5.74) is 2.36. The Hall–Kier alpha value is -1.55. The van der Waals surface area contributed by atoms with Gasteiger partial charge in [-0.1, -0.05) is 12.1 Å². The van der Waals surface area contributed by atoms with Crippen molar-refractivity contribution in [3.63, 3.8) is 0 Å². The molecule has 1 aromatic carbocycles. The lowest BCUT2D eigenvalue weighted by atomic mass is 9.99. The zero-order valence-electron chi connectivity index (χ0n) is 11.3. The van der Waals surface area contributed by atoms with Crippen molar-refractivity contribution in [3.8, 4) is 0 Å². The predicted molar refractivity (Wildman–Crippen MR) is 77.5 cm³/mol. The highest BCUT2D eigenvalue weighted by Crippen LogP contribution is 2.37. The normalized spacial score (nSPS) is 29.8. The molecular weight excluding hydrogens is 236 g/mol. The quantitative estimate of drug-likeness (QED) is 0.867. The summed E-state index contributed by atoms with van der Waals surface area (Å²) in [7, 11) is 1.97. The Kier molecular flexibility index (Phi) is 2.52. The SMILES string of the molecule is CNc1nc2ccccc2n1[C@H]1C[C@H]2CC[C@@H](C1)N2. The highest BCUT2D eigenvalue weighted by molar-refractivity contribution is 5.78. The Labute approximate surface area is 113 Å². The third kappa shape index (κ3) is 1.74. The van der Waals surface area contributed by atoms with Crippen molar-refractivity contribution in [2.45, 2.75) is 43.8 Å². The van der Waals surface area contributed by atoms with E-state index in [9.17, 15) is 0 Å². The highest BCUT2D eigenvalue weighted by Gasteiger charge is 2.35. The van der Waals surface area contributed by atoms with Crippen molar-refractivity contribution in [1.29, 1.82) is 0 Å². The summed E-state index contributed by atoms with van der Waals surface area (Å²) in [4.78, 5) is 4.71. The number of hydrogen-bond donors (Lipinski definition) is 2. The molecule has 2 saturated heterocycles. The van der Waals surface area contributed by atoms with E-state index in [2.05, 4.69) is 39.5 Å². The van der Waals surface area contributed by atoms with Crippen molar-refractivity contribution in [3.05, 3.63) is 24.3 Å². The van der Waals surface area contributed by atoms with Crippen molar-refractivity contribution in [2.24, 2.45) is 0 Å². The van der Waals surface area contributed by atoms with Gasteiger partial charge in [0.25, 0.3) is 0 Å². The molecule has 0 radical (unpaired) electrons. The number of nitrogens with one attached hydrogen (secondary N) is 2. The summed E-state index contributed by atoms with van der Waals surface area (Å²) >= 11 is 0. The molecule has 2 aliphatic heterocycles. The molecular formula is C15H20N4. The van der Waals surface area contributed by atoms with Gasteiger partial charge in [-0.15, -0.1) is 0 Å². The molecule has 0 unspecified atom stereocenters. The first-order chi connectivity index (χ1) is 9.35. The zero-order chi connectivity index (χ0) is 12.8. The van der Waals surface area contributed by atoms with E-state index in [1.54, 1.807) is 0 Å². The van der Waals surface area contributed by atoms with E-state index in [0.717, 1.165) is 11.5 Å². The van der Waals surface area contributed by atoms with Crippen LogP contribution >= 0.6 is 0 Å². The predicted octanol–water partition coefficient (Wildman–Crippen LogP) is 2.53. The van der Waals surface area contributed by atoms with Gasteiger partial charge in [-0.05, 0) is 37.8 Å². The average molecular weight is 256 g/mol. The molecule has 0 amide bonds. The minimum Gasteiger partial charge on any atom is -0.359 e. The van der Waals surface area contributed by atoms with Gasteiger partial charge >= 0.3 is 0 Å². The van der Waals surface area contributed by atoms with Crippen molar-refractivity contribution < 1.29 is 0 Å². The van der Waals surface area contributed by atoms with Crippen LogP contribution in [0.5, 0.6) is 0 Å². The molecule has 2 N–H and O–H groups in total. The molecule has 4 nitrogen and oxygen atoms in total. The van der Waals surface area contributed by atoms with E-state index in [1.165, 1.54) is 31.2 Å². The third-order valence-electron chi connectivity index (χ3n) is 4.63. The van der Waals surface area contributed by atoms with Gasteiger partial charge < -0.3 is 15.2 Å². The number of benzene rings is 1. The fraction of sp³-hybridized carbons (Fsp3) is 0.533. The minimum atomic E-state index is 0.577. The molecule has 1 aromatic heterocycles. The van der Waals surface area contributed by atoms with Gasteiger partial charge in [0.2, 0.25) is 5.95 Å². The Balaban J connectivity index is 1.81. The van der Waals surface area contributed by atoms with Crippen LogP contribution in [-0.4, -0.2) is 28.7 Å². The van der Waals surface area contributed by atoms with Crippen LogP contribution in [0.15, 0.2) is 24.3 Å². The molecule has 2 bridgehead atoms. The van der Waals surface area contributed by atoms with Crippen molar-refractivity contribution in [1.82, 2.24) is 14.9 Å². The van der Waals surface area contributed by atoms with Crippen LogP contribution in [0.25, 0.3) is 11.0 Å². The second-order valence-corrected chi connectivity index (χ2v) is 5.81. The molecule has 2 fully saturated rings. The monoisotopic (exact) mass is 256 g/mol. The molecule has 0 saturated carbocycles. The largest absolute Gasteiger partial charge is 0.359 e. The van der Waals surface area contributed by atoms with Crippen molar-refractivity contribution >= 4 is 17.0 Å². The number of fused-ring (bicyclic) bond motifs is 3. The summed E-state index contributed by atoms with van der Waals surface area (Å²) in [6.45, 7) is 0. The Morgan fingerprint density at radius 3 is 2.68 bits per heavy atom. The van der Waals surface area contributed by atoms with E-state index in [4.69, 9.17) is 4.98 Å². The number of piperidine rings is 1. The van der Waals surface area contributed by atoms with E-state index in [-0.39, 0.29) is 0 Å². The van der Waals surface area contributed by atoms with Gasteiger partial charge in [0.1, 0.15) is 0 Å². The number of nitrogens with zero attached hydrogens (tertiary/aromatic N) is 2. The van der Waals surface area contributed by atoms with E-state index in [0.29, 0.717) is 18.1 Å². The number of anilines is 1. The molecule has 4 heteroatoms. The van der Waals surface area contributed by atoms with Gasteiger partial charge in [0.15, 0.2) is 0 Å². The van der Waals surface area contributed by atoms with Crippen LogP contribution in [-0.2, 0) is 0 Å². The smallest absolute Gasteiger partial charge is 0.203 e. The van der Waals surface area contributed by atoms with Gasteiger partial charge in [-0.3, -0.25) is 0 Å². The van der Waals surface area contributed by atoms with E-state index in [1.807, 2.05) is 7.05 Å². The standard InChI is InChI=1S/C15H20N4/c1-16-15-18-13-4-2-3-5-14(13)19(15)12-8-10-6-7-11(9-12)17-10/h2-5,10-12,17H,6-9H2,1H3,(H,16,18)/t10-,11+,12+. The summed E-state index contributed by atoms with van der Waals surface area (Å²) in [6, 6.07) is 10.4. The van der Waals surface area contributed by atoms with Gasteiger partial charge in [0, 0.05) is 25.2 Å². The van der Waals surface area contributed by atoms with Crippen LogP contribution in [0.1, 0.15) is 31.7 Å². The Morgan fingerprint density at radius 2 is 1.95 bits per heavy atom. The van der Waals surface area contributed by atoms with Crippen molar-refractivity contribution in [2.75, 3.05) is 12.4 Å². The second kappa shape index (κ2) is 4.23. The van der Waals surface area contributed by atoms with Crippen LogP contribution in [0, 0.1) is 0 Å². The number of imidazole rings is 1. The molecule has 2 aromatic rings. The third-order valence-corrected chi connectivity index (χ3v) is 4.63. The van der Waals surface area contributed by atoms with Crippen LogP contribution in [0.4, 0.5) is 5.95 Å². The maximum atomic E-state index is 4.71. The number of rotatable bonds is 2. The Morgan fingerprint density at radius 1 is 1.21 bits per heavy atom. The minimum absolute atomic E-state index is 0.577. The van der Waals surface area contributed by atoms with E-state index >= 15 is 0 Å². The summed E-state index contributed by atoms with van der Waals surface area (Å²) in [5.74, 6) is 1.01. The lowest BCUT2D eigenvalue weighted by molar-refractivity contribution is 0.305. The summed E-state index contributed by atoms with van der Waals surface area (Å²) in [5, 5.41) is 6.98. The summed E-state index contributed by atoms with van der Waals surface area (Å²) in [6.07, 6.45) is 5.13. The van der Waals surface area contributed by atoms with Gasteiger partial charge in [0.05, 0.1) is 11.0 Å². The van der Waals surface area contributed by atoms with Crippen LogP contribution in [0.2, 0.25) is 0 Å². The first-order valence-corrected chi connectivity index (χ1v) is 7.26. The number of hydrogen-bond acceptors (Lipinski definition) is 3. The Bertz CT molecular complexity index is 591. The molecule has 0 aliphatic carbocycles. The second-order valence-electron chi connectivity index (χ2n) is 5.81. The van der Waals surface area contributed by atoms with E-state index < -0.39 is 0 Å². The lowest BCUT2D eigenvalue weighted by Gasteiger charge is -2.31. The lowest BCUT2D eigenvalue weighted by Crippen LogP contribution is -2.39. The first kappa shape index (κ1) is 11.3. The van der Waals surface area contributed by atoms with Gasteiger partial charge in [-0.2, -0.15) is 0 Å². The van der Waals surface area contributed by atoms with Gasteiger partial charge in [-0.25, -0.2) is 4.98 Å². The molecule has 2 aliphatic rings. The van der Waals surface area contributed by atoms with Crippen LogP contribution < -0.4 is 10.6 Å². The maximum Gasteiger partial charge on any atom is 0.203 e. The molecule has 100 valence electrons. The molecule has 3 heterocycles. The van der Waals surface area contributed by atoms with Crippen LogP contribution in [0.3, 0.4) is 0 Å². The molecule has 19 heavy (non-hydrogen) atoms. The zero-order valence-corrected chi connectivity index (χ0v) is 11.3. The maximum absolute atomic E-state index is 4.71. The molecule has 4 rings (SSSR count). The number of aromatic nitrogens is 2. The molecule has 0 spiro atoms. The topological polar surface area (TPSA) is 41.9 Å². The highest BCUT2D eigenvalue weighted by atomic mass is 15.2. The number of para-hydroxylation sites is 2. The summed E-state index contributed by atoms with van der Waals surface area (Å²) < 4.78 is 2.42. The fourth-order valence-corrected chi connectivity index (χ4v) is 3.83.